The van der Waals surface area contributed by atoms with Crippen molar-refractivity contribution in [3.63, 3.8) is 0 Å². The maximum Gasteiger partial charge on any atom is 0.317 e. The zero-order chi connectivity index (χ0) is 13.9. The van der Waals surface area contributed by atoms with Crippen molar-refractivity contribution in [2.75, 3.05) is 13.1 Å². The van der Waals surface area contributed by atoms with E-state index in [0.29, 0.717) is 25.9 Å². The molecule has 0 aromatic rings. The molecule has 2 fully saturated rings. The maximum absolute atomic E-state index is 12.2. The number of carboxylic acids is 1. The Morgan fingerprint density at radius 2 is 2.00 bits per heavy atom. The highest BCUT2D eigenvalue weighted by Crippen LogP contribution is 2.33. The lowest BCUT2D eigenvalue weighted by Crippen LogP contribution is -2.53. The molecular weight excluding hydrogens is 244 g/mol. The molecule has 1 unspecified atom stereocenters. The number of likely N-dealkylation sites (tertiary alicyclic amines) is 1. The molecule has 108 valence electrons. The Balaban J connectivity index is 1.96. The van der Waals surface area contributed by atoms with Gasteiger partial charge in [-0.15, -0.1) is 0 Å². The average Bonchev–Trinajstić information content (AvgIpc) is 2.91. The predicted molar refractivity (Wildman–Crippen MR) is 72.0 cm³/mol. The summed E-state index contributed by atoms with van der Waals surface area (Å²) in [6.07, 6.45) is 6.49. The highest BCUT2D eigenvalue weighted by Gasteiger charge is 2.42. The summed E-state index contributed by atoms with van der Waals surface area (Å²) >= 11 is 0. The summed E-state index contributed by atoms with van der Waals surface area (Å²) in [4.78, 5) is 25.4. The summed E-state index contributed by atoms with van der Waals surface area (Å²) in [5.41, 5.74) is -0.745. The number of carboxylic acid groups (broad SMARTS) is 1. The first-order valence-corrected chi connectivity index (χ1v) is 7.36. The fraction of sp³-hybridized carbons (Fsp3) is 0.857. The second-order valence-corrected chi connectivity index (χ2v) is 5.90. The lowest BCUT2D eigenvalue weighted by Gasteiger charge is -2.39. The molecule has 0 bridgehead atoms. The van der Waals surface area contributed by atoms with Crippen LogP contribution in [0.4, 0.5) is 4.79 Å². The van der Waals surface area contributed by atoms with E-state index in [-0.39, 0.29) is 12.1 Å². The van der Waals surface area contributed by atoms with E-state index in [0.717, 1.165) is 19.3 Å². The van der Waals surface area contributed by atoms with Crippen molar-refractivity contribution >= 4 is 12.0 Å². The van der Waals surface area contributed by atoms with Crippen molar-refractivity contribution in [3.05, 3.63) is 0 Å². The minimum atomic E-state index is -0.770. The largest absolute Gasteiger partial charge is 0.481 e. The fourth-order valence-electron chi connectivity index (χ4n) is 3.26. The van der Waals surface area contributed by atoms with Gasteiger partial charge in [-0.1, -0.05) is 19.8 Å². The zero-order valence-electron chi connectivity index (χ0n) is 11.7. The SMILES string of the molecule is CCC1(C(=O)O)CCCN(C(=O)NC2CCCC2)C1. The number of urea groups is 1. The molecular formula is C14H24N2O3. The van der Waals surface area contributed by atoms with Gasteiger partial charge in [0, 0.05) is 19.1 Å². The Labute approximate surface area is 114 Å². The topological polar surface area (TPSA) is 69.6 Å². The van der Waals surface area contributed by atoms with Crippen LogP contribution in [-0.4, -0.2) is 41.1 Å². The Bertz CT molecular complexity index is 353. The molecule has 1 aliphatic heterocycles. The quantitative estimate of drug-likeness (QED) is 0.824. The summed E-state index contributed by atoms with van der Waals surface area (Å²) < 4.78 is 0. The second kappa shape index (κ2) is 5.80. The highest BCUT2D eigenvalue weighted by atomic mass is 16.4. The van der Waals surface area contributed by atoms with E-state index in [1.165, 1.54) is 12.8 Å². The van der Waals surface area contributed by atoms with Crippen molar-refractivity contribution in [2.24, 2.45) is 5.41 Å². The van der Waals surface area contributed by atoms with Gasteiger partial charge >= 0.3 is 12.0 Å². The normalized spacial score (nSPS) is 28.4. The van der Waals surface area contributed by atoms with E-state index in [1.807, 2.05) is 6.92 Å². The summed E-state index contributed by atoms with van der Waals surface area (Å²) in [5, 5.41) is 12.5. The van der Waals surface area contributed by atoms with Crippen LogP contribution in [0.25, 0.3) is 0 Å². The van der Waals surface area contributed by atoms with Gasteiger partial charge in [-0.25, -0.2) is 4.79 Å². The molecule has 2 aliphatic rings. The van der Waals surface area contributed by atoms with E-state index in [1.54, 1.807) is 4.90 Å². The van der Waals surface area contributed by atoms with E-state index in [4.69, 9.17) is 0 Å². The molecule has 1 saturated carbocycles. The smallest absolute Gasteiger partial charge is 0.317 e. The first kappa shape index (κ1) is 14.2. The van der Waals surface area contributed by atoms with Gasteiger partial charge in [0.05, 0.1) is 5.41 Å². The molecule has 1 heterocycles. The van der Waals surface area contributed by atoms with Crippen LogP contribution in [0.5, 0.6) is 0 Å². The molecule has 2 amide bonds. The number of hydrogen-bond donors (Lipinski definition) is 2. The fourth-order valence-corrected chi connectivity index (χ4v) is 3.26. The van der Waals surface area contributed by atoms with Crippen LogP contribution in [0.2, 0.25) is 0 Å². The summed E-state index contributed by atoms with van der Waals surface area (Å²) in [7, 11) is 0. The number of rotatable bonds is 3. The maximum atomic E-state index is 12.2. The molecule has 1 atom stereocenters. The van der Waals surface area contributed by atoms with Crippen molar-refractivity contribution in [1.29, 1.82) is 0 Å². The molecule has 1 saturated heterocycles. The molecule has 0 radical (unpaired) electrons. The van der Waals surface area contributed by atoms with Gasteiger partial charge in [0.25, 0.3) is 0 Å². The summed E-state index contributed by atoms with van der Waals surface area (Å²) in [6.45, 7) is 2.91. The highest BCUT2D eigenvalue weighted by molar-refractivity contribution is 5.79. The van der Waals surface area contributed by atoms with Crippen molar-refractivity contribution < 1.29 is 14.7 Å². The third-order valence-corrected chi connectivity index (χ3v) is 4.68. The van der Waals surface area contributed by atoms with E-state index in [9.17, 15) is 14.7 Å². The second-order valence-electron chi connectivity index (χ2n) is 5.90. The van der Waals surface area contributed by atoms with Gasteiger partial charge in [-0.3, -0.25) is 4.79 Å². The van der Waals surface area contributed by atoms with Crippen molar-refractivity contribution in [3.8, 4) is 0 Å². The third-order valence-electron chi connectivity index (χ3n) is 4.68. The van der Waals surface area contributed by atoms with Crippen LogP contribution < -0.4 is 5.32 Å². The first-order chi connectivity index (χ1) is 9.07. The Morgan fingerprint density at radius 3 is 2.58 bits per heavy atom. The van der Waals surface area contributed by atoms with Gasteiger partial charge in [-0.2, -0.15) is 0 Å². The van der Waals surface area contributed by atoms with Crippen LogP contribution in [0.3, 0.4) is 0 Å². The predicted octanol–water partition coefficient (Wildman–Crippen LogP) is 2.22. The van der Waals surface area contributed by atoms with E-state index in [2.05, 4.69) is 5.32 Å². The van der Waals surface area contributed by atoms with E-state index >= 15 is 0 Å². The van der Waals surface area contributed by atoms with Gasteiger partial charge < -0.3 is 15.3 Å². The van der Waals surface area contributed by atoms with Crippen molar-refractivity contribution in [2.45, 2.75) is 57.9 Å². The number of hydrogen-bond acceptors (Lipinski definition) is 2. The van der Waals surface area contributed by atoms with E-state index < -0.39 is 11.4 Å². The minimum absolute atomic E-state index is 0.0781. The molecule has 2 N–H and O–H groups in total. The van der Waals surface area contributed by atoms with Gasteiger partial charge in [0.2, 0.25) is 0 Å². The Hall–Kier alpha value is -1.26. The van der Waals surface area contributed by atoms with Crippen LogP contribution >= 0.6 is 0 Å². The monoisotopic (exact) mass is 268 g/mol. The molecule has 0 aromatic carbocycles. The lowest BCUT2D eigenvalue weighted by atomic mass is 9.78. The molecule has 19 heavy (non-hydrogen) atoms. The standard InChI is InChI=1S/C14H24N2O3/c1-2-14(12(17)18)8-5-9-16(10-14)13(19)15-11-6-3-4-7-11/h11H,2-10H2,1H3,(H,15,19)(H,17,18). The molecule has 5 heteroatoms. The Morgan fingerprint density at radius 1 is 1.32 bits per heavy atom. The lowest BCUT2D eigenvalue weighted by molar-refractivity contribution is -0.152. The zero-order valence-corrected chi connectivity index (χ0v) is 11.7. The Kier molecular flexibility index (Phi) is 4.32. The number of carbonyl (C=O) groups is 2. The van der Waals surface area contributed by atoms with Gasteiger partial charge in [0.1, 0.15) is 0 Å². The first-order valence-electron chi connectivity index (χ1n) is 7.36. The van der Waals surface area contributed by atoms with Crippen LogP contribution in [-0.2, 0) is 4.79 Å². The number of amides is 2. The van der Waals surface area contributed by atoms with Crippen LogP contribution in [0.1, 0.15) is 51.9 Å². The molecule has 2 rings (SSSR count). The number of carbonyl (C=O) groups excluding carboxylic acids is 1. The number of aliphatic carboxylic acids is 1. The number of nitrogens with one attached hydrogen (secondary N) is 1. The minimum Gasteiger partial charge on any atom is -0.481 e. The van der Waals surface area contributed by atoms with Gasteiger partial charge in [-0.05, 0) is 32.1 Å². The molecule has 0 aromatic heterocycles. The van der Waals surface area contributed by atoms with Crippen molar-refractivity contribution in [1.82, 2.24) is 10.2 Å². The summed E-state index contributed by atoms with van der Waals surface area (Å²) in [6, 6.07) is 0.209. The average molecular weight is 268 g/mol. The molecule has 1 aliphatic carbocycles. The van der Waals surface area contributed by atoms with Crippen LogP contribution in [0, 0.1) is 5.41 Å². The van der Waals surface area contributed by atoms with Gasteiger partial charge in [0.15, 0.2) is 0 Å². The van der Waals surface area contributed by atoms with Crippen LogP contribution in [0.15, 0.2) is 0 Å². The number of nitrogens with zero attached hydrogens (tertiary/aromatic N) is 1. The molecule has 0 spiro atoms. The molecule has 5 nitrogen and oxygen atoms in total. The summed E-state index contributed by atoms with van der Waals surface area (Å²) in [5.74, 6) is -0.770. The number of piperidine rings is 1. The third kappa shape index (κ3) is 3.01.